The first-order chi connectivity index (χ1) is 11.8. The van der Waals surface area contributed by atoms with Gasteiger partial charge >= 0.3 is 23.9 Å². The average Bonchev–Trinajstić information content (AvgIpc) is 2.49. The molecule has 10 heteroatoms. The molecule has 0 amide bonds. The minimum absolute atomic E-state index is 0.0673. The average molecular weight is 359 g/mol. The van der Waals surface area contributed by atoms with E-state index in [1.165, 1.54) is 4.90 Å². The Morgan fingerprint density at radius 1 is 1.12 bits per heavy atom. The molecule has 0 spiro atoms. The number of rotatable bonds is 11. The van der Waals surface area contributed by atoms with Gasteiger partial charge in [-0.15, -0.1) is 0 Å². The van der Waals surface area contributed by atoms with Gasteiger partial charge in [-0.25, -0.2) is 0 Å². The number of ether oxygens (including phenoxy) is 2. The number of likely N-dealkylation sites (N-methyl/N-ethyl adjacent to an activating group) is 1. The molecule has 0 aromatic heterocycles. The third-order valence-corrected chi connectivity index (χ3v) is 3.53. The first kappa shape index (κ1) is 21.0. The lowest BCUT2D eigenvalue weighted by atomic mass is 10.4. The Morgan fingerprint density at radius 3 is 2.24 bits per heavy atom. The molecule has 0 radical (unpaired) electrons. The minimum Gasteiger partial charge on any atom is -0.480 e. The Morgan fingerprint density at radius 2 is 1.72 bits per heavy atom. The molecule has 25 heavy (non-hydrogen) atoms. The fourth-order valence-electron chi connectivity index (χ4n) is 2.41. The molecule has 10 nitrogen and oxygen atoms in total. The highest BCUT2D eigenvalue weighted by Gasteiger charge is 2.26. The zero-order valence-electron chi connectivity index (χ0n) is 14.6. The number of carbonyl (C=O) groups is 4. The van der Waals surface area contributed by atoms with Crippen LogP contribution in [0.2, 0.25) is 0 Å². The smallest absolute Gasteiger partial charge is 0.327 e. The van der Waals surface area contributed by atoms with Gasteiger partial charge in [-0.05, 0) is 13.5 Å². The Labute approximate surface area is 146 Å². The van der Waals surface area contributed by atoms with Gasteiger partial charge in [0, 0.05) is 13.1 Å². The maximum absolute atomic E-state index is 11.6. The standard InChI is InChI=1S/C15H25N3O7/c1-3-16(8-13(21)24-4-2)5-6-17(7-12(19)20)11-18-9-14(22)25-15(23)10-18/h3-11H2,1-2H3,(H,19,20). The highest BCUT2D eigenvalue weighted by atomic mass is 16.6. The van der Waals surface area contributed by atoms with Gasteiger partial charge in [-0.2, -0.15) is 0 Å². The second-order valence-electron chi connectivity index (χ2n) is 5.59. The van der Waals surface area contributed by atoms with Crippen molar-refractivity contribution in [3.8, 4) is 0 Å². The van der Waals surface area contributed by atoms with E-state index in [2.05, 4.69) is 4.74 Å². The number of carbonyl (C=O) groups excluding carboxylic acids is 3. The largest absolute Gasteiger partial charge is 0.480 e. The fourth-order valence-corrected chi connectivity index (χ4v) is 2.41. The lowest BCUT2D eigenvalue weighted by Crippen LogP contribution is -2.50. The number of nitrogens with zero attached hydrogens (tertiary/aromatic N) is 3. The van der Waals surface area contributed by atoms with Crippen molar-refractivity contribution < 1.29 is 33.8 Å². The van der Waals surface area contributed by atoms with Gasteiger partial charge in [0.2, 0.25) is 0 Å². The van der Waals surface area contributed by atoms with E-state index in [1.807, 2.05) is 11.8 Å². The molecule has 1 fully saturated rings. The zero-order valence-corrected chi connectivity index (χ0v) is 14.6. The number of morpholine rings is 1. The summed E-state index contributed by atoms with van der Waals surface area (Å²) in [5.74, 6) is -2.65. The summed E-state index contributed by atoms with van der Waals surface area (Å²) in [5.41, 5.74) is 0. The second kappa shape index (κ2) is 10.7. The van der Waals surface area contributed by atoms with E-state index in [9.17, 15) is 19.2 Å². The molecule has 1 aliphatic heterocycles. The minimum atomic E-state index is -1.01. The maximum atomic E-state index is 11.6. The van der Waals surface area contributed by atoms with Crippen LogP contribution in [0.25, 0.3) is 0 Å². The van der Waals surface area contributed by atoms with E-state index in [4.69, 9.17) is 9.84 Å². The molecule has 1 saturated heterocycles. The van der Waals surface area contributed by atoms with Crippen molar-refractivity contribution in [2.45, 2.75) is 13.8 Å². The van der Waals surface area contributed by atoms with Crippen molar-refractivity contribution in [3.05, 3.63) is 0 Å². The summed E-state index contributed by atoms with van der Waals surface area (Å²) in [6, 6.07) is 0. The molecule has 1 rings (SSSR count). The molecule has 1 N–H and O–H groups in total. The highest BCUT2D eigenvalue weighted by Crippen LogP contribution is 2.03. The summed E-state index contributed by atoms with van der Waals surface area (Å²) in [5, 5.41) is 9.05. The number of hydrogen-bond acceptors (Lipinski definition) is 9. The molecule has 0 saturated carbocycles. The second-order valence-corrected chi connectivity index (χ2v) is 5.59. The van der Waals surface area contributed by atoms with E-state index >= 15 is 0 Å². The molecule has 0 aliphatic carbocycles. The predicted octanol–water partition coefficient (Wildman–Crippen LogP) is -1.40. The topological polar surface area (TPSA) is 117 Å². The van der Waals surface area contributed by atoms with Gasteiger partial charge in [0.25, 0.3) is 0 Å². The molecular formula is C15H25N3O7. The van der Waals surface area contributed by atoms with Crippen LogP contribution < -0.4 is 0 Å². The molecule has 0 aromatic carbocycles. The summed E-state index contributed by atoms with van der Waals surface area (Å²) in [6.45, 7) is 5.24. The van der Waals surface area contributed by atoms with Gasteiger partial charge < -0.3 is 14.6 Å². The van der Waals surface area contributed by atoms with Gasteiger partial charge in [-0.3, -0.25) is 33.9 Å². The van der Waals surface area contributed by atoms with Crippen LogP contribution in [-0.4, -0.2) is 103 Å². The Balaban J connectivity index is 2.56. The fraction of sp³-hybridized carbons (Fsp3) is 0.733. The van der Waals surface area contributed by atoms with Crippen molar-refractivity contribution in [1.29, 1.82) is 0 Å². The number of carboxylic acid groups (broad SMARTS) is 1. The molecule has 142 valence electrons. The Kier molecular flexibility index (Phi) is 9.03. The Hall–Kier alpha value is -2.04. The number of esters is 3. The Bertz CT molecular complexity index is 482. The van der Waals surface area contributed by atoms with E-state index in [1.54, 1.807) is 11.8 Å². The molecule has 1 heterocycles. The summed E-state index contributed by atoms with van der Waals surface area (Å²) in [7, 11) is 0. The molecule has 0 atom stereocenters. The molecule has 1 aliphatic rings. The van der Waals surface area contributed by atoms with Crippen molar-refractivity contribution >= 4 is 23.9 Å². The third-order valence-electron chi connectivity index (χ3n) is 3.53. The number of aliphatic carboxylic acids is 1. The van der Waals surface area contributed by atoms with Gasteiger partial charge in [0.1, 0.15) is 0 Å². The molecule has 0 bridgehead atoms. The highest BCUT2D eigenvalue weighted by molar-refractivity contribution is 5.90. The van der Waals surface area contributed by atoms with Crippen LogP contribution in [0.15, 0.2) is 0 Å². The molecule has 0 aromatic rings. The normalized spacial score (nSPS) is 15.5. The third kappa shape index (κ3) is 8.57. The first-order valence-electron chi connectivity index (χ1n) is 8.12. The van der Waals surface area contributed by atoms with Crippen molar-refractivity contribution in [2.24, 2.45) is 0 Å². The van der Waals surface area contributed by atoms with Crippen LogP contribution in [0.3, 0.4) is 0 Å². The first-order valence-corrected chi connectivity index (χ1v) is 8.12. The van der Waals surface area contributed by atoms with Crippen LogP contribution >= 0.6 is 0 Å². The van der Waals surface area contributed by atoms with E-state index in [0.29, 0.717) is 26.2 Å². The zero-order chi connectivity index (χ0) is 18.8. The van der Waals surface area contributed by atoms with Crippen LogP contribution in [0, 0.1) is 0 Å². The van der Waals surface area contributed by atoms with Crippen molar-refractivity contribution in [3.63, 3.8) is 0 Å². The molecule has 0 unspecified atom stereocenters. The SMILES string of the molecule is CCOC(=O)CN(CC)CCN(CC(=O)O)CN1CC(=O)OC(=O)C1. The van der Waals surface area contributed by atoms with E-state index < -0.39 is 17.9 Å². The maximum Gasteiger partial charge on any atom is 0.327 e. The number of cyclic esters (lactones) is 2. The van der Waals surface area contributed by atoms with Gasteiger partial charge in [0.05, 0.1) is 39.5 Å². The lowest BCUT2D eigenvalue weighted by Gasteiger charge is -2.31. The van der Waals surface area contributed by atoms with Crippen LogP contribution in [-0.2, 0) is 28.7 Å². The summed E-state index contributed by atoms with van der Waals surface area (Å²) in [4.78, 5) is 50.2. The summed E-state index contributed by atoms with van der Waals surface area (Å²) < 4.78 is 9.35. The van der Waals surface area contributed by atoms with Crippen LogP contribution in [0.4, 0.5) is 0 Å². The van der Waals surface area contributed by atoms with Crippen molar-refractivity contribution in [1.82, 2.24) is 14.7 Å². The number of hydrogen-bond donors (Lipinski definition) is 1. The quantitative estimate of drug-likeness (QED) is 0.349. The van der Waals surface area contributed by atoms with Crippen LogP contribution in [0.1, 0.15) is 13.8 Å². The lowest BCUT2D eigenvalue weighted by molar-refractivity contribution is -0.168. The van der Waals surface area contributed by atoms with Gasteiger partial charge in [0.15, 0.2) is 0 Å². The number of carboxylic acids is 1. The van der Waals surface area contributed by atoms with Crippen LogP contribution in [0.5, 0.6) is 0 Å². The summed E-state index contributed by atoms with van der Waals surface area (Å²) >= 11 is 0. The molecular weight excluding hydrogens is 334 g/mol. The van der Waals surface area contributed by atoms with Crippen molar-refractivity contribution in [2.75, 3.05) is 59.1 Å². The summed E-state index contributed by atoms with van der Waals surface area (Å²) in [6.07, 6.45) is 0. The monoisotopic (exact) mass is 359 g/mol. The van der Waals surface area contributed by atoms with Gasteiger partial charge in [-0.1, -0.05) is 6.92 Å². The predicted molar refractivity (Wildman–Crippen MR) is 85.5 cm³/mol. The van der Waals surface area contributed by atoms with E-state index in [0.717, 1.165) is 0 Å². The van der Waals surface area contributed by atoms with E-state index in [-0.39, 0.29) is 38.8 Å².